The highest BCUT2D eigenvalue weighted by Crippen LogP contribution is 2.23. The van der Waals surface area contributed by atoms with Gasteiger partial charge >= 0.3 is 11.9 Å². The van der Waals surface area contributed by atoms with E-state index in [2.05, 4.69) is 10.8 Å². The molecule has 0 radical (unpaired) electrons. The maximum Gasteiger partial charge on any atom is 0.330 e. The Morgan fingerprint density at radius 1 is 1.04 bits per heavy atom. The molecule has 28 heavy (non-hydrogen) atoms. The van der Waals surface area contributed by atoms with E-state index in [0.717, 1.165) is 16.7 Å². The molecule has 0 fully saturated rings. The zero-order valence-electron chi connectivity index (χ0n) is 16.6. The van der Waals surface area contributed by atoms with Gasteiger partial charge in [-0.05, 0) is 61.6 Å². The maximum absolute atomic E-state index is 12.3. The van der Waals surface area contributed by atoms with Gasteiger partial charge in [0.05, 0.1) is 7.11 Å². The Labute approximate surface area is 166 Å². The molecule has 0 aliphatic rings. The van der Waals surface area contributed by atoms with Crippen LogP contribution in [0.15, 0.2) is 66.3 Å². The highest BCUT2D eigenvalue weighted by Gasteiger charge is 2.10. The lowest BCUT2D eigenvalue weighted by molar-refractivity contribution is -0.135. The molecule has 0 aliphatic heterocycles. The second kappa shape index (κ2) is 10.9. The zero-order valence-corrected chi connectivity index (χ0v) is 16.6. The van der Waals surface area contributed by atoms with E-state index in [0.29, 0.717) is 25.0 Å². The Bertz CT molecular complexity index is 859. The Morgan fingerprint density at radius 2 is 1.79 bits per heavy atom. The Morgan fingerprint density at radius 3 is 2.46 bits per heavy atom. The molecule has 2 aromatic rings. The van der Waals surface area contributed by atoms with Crippen LogP contribution in [0.3, 0.4) is 0 Å². The van der Waals surface area contributed by atoms with Crippen LogP contribution in [-0.4, -0.2) is 19.0 Å². The van der Waals surface area contributed by atoms with Crippen molar-refractivity contribution >= 4 is 18.0 Å². The molecule has 4 nitrogen and oxygen atoms in total. The summed E-state index contributed by atoms with van der Waals surface area (Å²) < 4.78 is 10.2. The average Bonchev–Trinajstić information content (AvgIpc) is 2.70. The van der Waals surface area contributed by atoms with Gasteiger partial charge in [0.2, 0.25) is 0 Å². The summed E-state index contributed by atoms with van der Waals surface area (Å²) in [4.78, 5) is 23.6. The zero-order chi connectivity index (χ0) is 20.4. The van der Waals surface area contributed by atoms with Crippen LogP contribution in [0, 0.1) is 0 Å². The Balaban J connectivity index is 2.12. The van der Waals surface area contributed by atoms with Gasteiger partial charge in [0.25, 0.3) is 0 Å². The monoisotopic (exact) mass is 378 g/mol. The van der Waals surface area contributed by atoms with Gasteiger partial charge in [-0.15, -0.1) is 0 Å². The number of hydrogen-bond donors (Lipinski definition) is 0. The number of allylic oxidation sites excluding steroid dienone is 2. The van der Waals surface area contributed by atoms with Crippen molar-refractivity contribution in [2.45, 2.75) is 33.1 Å². The highest BCUT2D eigenvalue weighted by atomic mass is 16.5. The molecule has 0 unspecified atom stereocenters. The summed E-state index contributed by atoms with van der Waals surface area (Å²) in [5, 5.41) is 0. The second-order valence-electron chi connectivity index (χ2n) is 6.67. The predicted octanol–water partition coefficient (Wildman–Crippen LogP) is 4.92. The van der Waals surface area contributed by atoms with Crippen LogP contribution in [0.1, 0.15) is 37.0 Å². The molecule has 2 rings (SSSR count). The van der Waals surface area contributed by atoms with Gasteiger partial charge < -0.3 is 9.47 Å². The summed E-state index contributed by atoms with van der Waals surface area (Å²) >= 11 is 0. The van der Waals surface area contributed by atoms with Gasteiger partial charge in [-0.3, -0.25) is 4.79 Å². The molecule has 0 bridgehead atoms. The third-order valence-electron chi connectivity index (χ3n) is 4.11. The van der Waals surface area contributed by atoms with Crippen LogP contribution in [0.5, 0.6) is 5.75 Å². The van der Waals surface area contributed by atoms with Gasteiger partial charge in [-0.1, -0.05) is 48.0 Å². The van der Waals surface area contributed by atoms with E-state index in [9.17, 15) is 9.59 Å². The Kier molecular flexibility index (Phi) is 8.22. The summed E-state index contributed by atoms with van der Waals surface area (Å²) in [5.74, 6) is -0.131. The molecule has 0 aliphatic carbocycles. The smallest absolute Gasteiger partial charge is 0.330 e. The van der Waals surface area contributed by atoms with Crippen molar-refractivity contribution in [2.24, 2.45) is 0 Å². The number of carbonyl (C=O) groups is 2. The molecular weight excluding hydrogens is 352 g/mol. The molecule has 146 valence electrons. The maximum atomic E-state index is 12.3. The van der Waals surface area contributed by atoms with Crippen molar-refractivity contribution < 1.29 is 19.1 Å². The molecule has 2 aromatic carbocycles. The fraction of sp³-hybridized carbons (Fsp3) is 0.250. The first-order valence-corrected chi connectivity index (χ1v) is 9.25. The normalized spacial score (nSPS) is 10.5. The fourth-order valence-corrected chi connectivity index (χ4v) is 2.57. The van der Waals surface area contributed by atoms with E-state index in [1.54, 1.807) is 12.1 Å². The number of rotatable bonds is 8. The molecule has 0 amide bonds. The number of methoxy groups -OCH3 is 1. The number of ether oxygens (including phenoxy) is 2. The van der Waals surface area contributed by atoms with E-state index in [1.807, 2.05) is 56.3 Å². The van der Waals surface area contributed by atoms with Crippen molar-refractivity contribution in [3.8, 4) is 5.75 Å². The molecule has 0 saturated heterocycles. The number of esters is 2. The predicted molar refractivity (Wildman–Crippen MR) is 111 cm³/mol. The first-order valence-electron chi connectivity index (χ1n) is 9.25. The third kappa shape index (κ3) is 7.23. The third-order valence-corrected chi connectivity index (χ3v) is 4.11. The van der Waals surface area contributed by atoms with Crippen LogP contribution in [-0.2, 0) is 27.2 Å². The lowest BCUT2D eigenvalue weighted by atomic mass is 10.0. The quantitative estimate of drug-likeness (QED) is 0.283. The van der Waals surface area contributed by atoms with Crippen molar-refractivity contribution in [2.75, 3.05) is 7.11 Å². The second-order valence-corrected chi connectivity index (χ2v) is 6.67. The molecule has 0 aromatic heterocycles. The molecule has 4 heteroatoms. The van der Waals surface area contributed by atoms with Crippen molar-refractivity contribution in [1.29, 1.82) is 0 Å². The molecule has 0 spiro atoms. The van der Waals surface area contributed by atoms with Gasteiger partial charge in [-0.2, -0.15) is 0 Å². The molecule has 0 atom stereocenters. The van der Waals surface area contributed by atoms with Gasteiger partial charge in [0.1, 0.15) is 5.75 Å². The fourth-order valence-electron chi connectivity index (χ4n) is 2.57. The van der Waals surface area contributed by atoms with Crippen molar-refractivity contribution in [3.63, 3.8) is 0 Å². The summed E-state index contributed by atoms with van der Waals surface area (Å²) in [7, 11) is 1.34. The van der Waals surface area contributed by atoms with Crippen LogP contribution in [0.4, 0.5) is 0 Å². The first kappa shape index (κ1) is 21.2. The number of aryl methyl sites for hydroxylation is 1. The Hall–Kier alpha value is -3.14. The molecular formula is C24H26O4. The summed E-state index contributed by atoms with van der Waals surface area (Å²) in [6, 6.07) is 15.4. The van der Waals surface area contributed by atoms with Crippen LogP contribution in [0.25, 0.3) is 6.08 Å². The van der Waals surface area contributed by atoms with Crippen molar-refractivity contribution in [3.05, 3.63) is 82.9 Å². The number of carbonyl (C=O) groups excluding carboxylic acids is 2. The summed E-state index contributed by atoms with van der Waals surface area (Å²) in [5.41, 5.74) is 4.01. The van der Waals surface area contributed by atoms with Gasteiger partial charge in [0.15, 0.2) is 0 Å². The SMILES string of the molecule is COC(=O)C=Cc1ccc(OC(=O)CCc2ccccc2)c(CC=C(C)C)c1. The largest absolute Gasteiger partial charge is 0.466 e. The summed E-state index contributed by atoms with van der Waals surface area (Å²) in [6.07, 6.45) is 6.72. The molecule has 0 heterocycles. The van der Waals surface area contributed by atoms with Crippen molar-refractivity contribution in [1.82, 2.24) is 0 Å². The minimum absolute atomic E-state index is 0.264. The highest BCUT2D eigenvalue weighted by molar-refractivity contribution is 5.87. The minimum atomic E-state index is -0.415. The van der Waals surface area contributed by atoms with E-state index >= 15 is 0 Å². The number of benzene rings is 2. The van der Waals surface area contributed by atoms with Crippen LogP contribution in [0.2, 0.25) is 0 Å². The topological polar surface area (TPSA) is 52.6 Å². The lowest BCUT2D eigenvalue weighted by Gasteiger charge is -2.10. The van der Waals surface area contributed by atoms with Gasteiger partial charge in [-0.25, -0.2) is 4.79 Å². The van der Waals surface area contributed by atoms with Crippen LogP contribution >= 0.6 is 0 Å². The van der Waals surface area contributed by atoms with E-state index in [4.69, 9.17) is 4.74 Å². The first-order chi connectivity index (χ1) is 13.5. The summed E-state index contributed by atoms with van der Waals surface area (Å²) in [6.45, 7) is 4.04. The minimum Gasteiger partial charge on any atom is -0.466 e. The number of hydrogen-bond acceptors (Lipinski definition) is 4. The van der Waals surface area contributed by atoms with Crippen LogP contribution < -0.4 is 4.74 Å². The average molecular weight is 378 g/mol. The lowest BCUT2D eigenvalue weighted by Crippen LogP contribution is -2.10. The van der Waals surface area contributed by atoms with E-state index < -0.39 is 5.97 Å². The van der Waals surface area contributed by atoms with Gasteiger partial charge in [0, 0.05) is 12.5 Å². The molecule has 0 saturated carbocycles. The van der Waals surface area contributed by atoms with E-state index in [1.165, 1.54) is 18.8 Å². The van der Waals surface area contributed by atoms with E-state index in [-0.39, 0.29) is 5.97 Å². The molecule has 0 N–H and O–H groups in total. The standard InChI is InChI=1S/C24H26O4/c1-18(2)9-13-21-17-20(12-15-23(25)27-3)10-14-22(21)28-24(26)16-11-19-7-5-4-6-8-19/h4-10,12,14-15,17H,11,13,16H2,1-3H3.